The van der Waals surface area contributed by atoms with E-state index in [1.165, 1.54) is 0 Å². The van der Waals surface area contributed by atoms with Crippen LogP contribution in [-0.2, 0) is 16.1 Å². The Morgan fingerprint density at radius 1 is 1.03 bits per heavy atom. The number of hydrogen-bond donors (Lipinski definition) is 4. The molecule has 2 fully saturated rings. The number of aliphatic hydroxyl groups excluding tert-OH is 1. The highest BCUT2D eigenvalue weighted by atomic mass is 16.3. The van der Waals surface area contributed by atoms with Gasteiger partial charge in [-0.25, -0.2) is 0 Å². The van der Waals surface area contributed by atoms with Crippen molar-refractivity contribution in [1.29, 1.82) is 0 Å². The van der Waals surface area contributed by atoms with Crippen LogP contribution in [0.25, 0.3) is 0 Å². The van der Waals surface area contributed by atoms with E-state index in [0.29, 0.717) is 6.54 Å². The minimum Gasteiger partial charge on any atom is -0.396 e. The van der Waals surface area contributed by atoms with Gasteiger partial charge in [-0.1, -0.05) is 6.07 Å². The molecule has 4 amide bonds. The van der Waals surface area contributed by atoms with Gasteiger partial charge in [0.25, 0.3) is 11.8 Å². The van der Waals surface area contributed by atoms with E-state index in [9.17, 15) is 24.3 Å². The van der Waals surface area contributed by atoms with Crippen molar-refractivity contribution in [3.8, 4) is 0 Å². The third-order valence-electron chi connectivity index (χ3n) is 6.20. The first-order valence-corrected chi connectivity index (χ1v) is 10.4. The lowest BCUT2D eigenvalue weighted by Gasteiger charge is -2.27. The van der Waals surface area contributed by atoms with E-state index in [0.717, 1.165) is 36.4 Å². The molecule has 1 aromatic carbocycles. The summed E-state index contributed by atoms with van der Waals surface area (Å²) in [6, 6.07) is 4.32. The summed E-state index contributed by atoms with van der Waals surface area (Å²) in [4.78, 5) is 50.2. The molecule has 0 bridgehead atoms. The summed E-state index contributed by atoms with van der Waals surface area (Å²) in [7, 11) is 0. The number of amides is 4. The summed E-state index contributed by atoms with van der Waals surface area (Å²) < 4.78 is 0. The molecule has 3 aliphatic rings. The summed E-state index contributed by atoms with van der Waals surface area (Å²) in [6.45, 7) is 2.40. The maximum Gasteiger partial charge on any atom is 0.262 e. The van der Waals surface area contributed by atoms with Crippen molar-refractivity contribution in [2.75, 3.05) is 19.7 Å². The Bertz CT molecular complexity index is 886. The van der Waals surface area contributed by atoms with E-state index < -0.39 is 29.7 Å². The summed E-state index contributed by atoms with van der Waals surface area (Å²) in [5.41, 5.74) is 1.42. The molecule has 4 N–H and O–H groups in total. The lowest BCUT2D eigenvalue weighted by atomic mass is 9.95. The van der Waals surface area contributed by atoms with Gasteiger partial charge in [-0.2, -0.15) is 0 Å². The summed E-state index contributed by atoms with van der Waals surface area (Å²) in [5.74, 6) is -1.84. The number of fused-ring (bicyclic) bond motifs is 1. The number of nitrogens with zero attached hydrogens (tertiary/aromatic N) is 1. The average molecular weight is 414 g/mol. The molecule has 3 aliphatic heterocycles. The number of piperidine rings is 1. The van der Waals surface area contributed by atoms with Gasteiger partial charge in [-0.15, -0.1) is 0 Å². The summed E-state index contributed by atoms with van der Waals surface area (Å²) in [6.07, 6.45) is 2.03. The van der Waals surface area contributed by atoms with Crippen molar-refractivity contribution in [2.45, 2.75) is 44.3 Å². The van der Waals surface area contributed by atoms with Crippen LogP contribution in [0.4, 0.5) is 0 Å². The third kappa shape index (κ3) is 3.88. The second-order valence-electron chi connectivity index (χ2n) is 8.08. The maximum atomic E-state index is 12.9. The molecular formula is C21H26N4O5. The lowest BCUT2D eigenvalue weighted by molar-refractivity contribution is -0.136. The van der Waals surface area contributed by atoms with Crippen LogP contribution in [0.2, 0.25) is 0 Å². The SMILES string of the molecule is O=C1CCC(N2C(=O)c3ccc(CNC4CCNCCC4CO)cc3C2=O)C(=O)N1. The topological polar surface area (TPSA) is 128 Å². The van der Waals surface area contributed by atoms with Gasteiger partial charge in [-0.05, 0) is 56.0 Å². The van der Waals surface area contributed by atoms with Crippen LogP contribution >= 0.6 is 0 Å². The Balaban J connectivity index is 1.48. The van der Waals surface area contributed by atoms with E-state index in [-0.39, 0.29) is 42.5 Å². The van der Waals surface area contributed by atoms with E-state index >= 15 is 0 Å². The molecular weight excluding hydrogens is 388 g/mol. The molecule has 2 saturated heterocycles. The minimum atomic E-state index is -0.958. The van der Waals surface area contributed by atoms with Crippen LogP contribution in [0.15, 0.2) is 18.2 Å². The molecule has 9 heteroatoms. The Hall–Kier alpha value is -2.62. The molecule has 0 aromatic heterocycles. The van der Waals surface area contributed by atoms with E-state index in [2.05, 4.69) is 16.0 Å². The van der Waals surface area contributed by atoms with Gasteiger partial charge in [0.2, 0.25) is 11.8 Å². The number of benzene rings is 1. The van der Waals surface area contributed by atoms with E-state index in [1.54, 1.807) is 18.2 Å². The van der Waals surface area contributed by atoms with Crippen molar-refractivity contribution in [1.82, 2.24) is 20.9 Å². The van der Waals surface area contributed by atoms with Gasteiger partial charge < -0.3 is 15.7 Å². The molecule has 3 atom stereocenters. The molecule has 3 heterocycles. The van der Waals surface area contributed by atoms with Crippen molar-refractivity contribution < 1.29 is 24.3 Å². The number of carbonyl (C=O) groups is 4. The monoisotopic (exact) mass is 414 g/mol. The Morgan fingerprint density at radius 3 is 2.57 bits per heavy atom. The number of hydrogen-bond acceptors (Lipinski definition) is 7. The average Bonchev–Trinajstić information content (AvgIpc) is 2.89. The highest BCUT2D eigenvalue weighted by Gasteiger charge is 2.44. The number of carbonyl (C=O) groups excluding carboxylic acids is 4. The van der Waals surface area contributed by atoms with Gasteiger partial charge in [-0.3, -0.25) is 29.4 Å². The molecule has 30 heavy (non-hydrogen) atoms. The fraction of sp³-hybridized carbons (Fsp3) is 0.524. The van der Waals surface area contributed by atoms with E-state index in [4.69, 9.17) is 0 Å². The molecule has 0 aliphatic carbocycles. The van der Waals surface area contributed by atoms with Gasteiger partial charge in [0.1, 0.15) is 6.04 Å². The van der Waals surface area contributed by atoms with Crippen LogP contribution < -0.4 is 16.0 Å². The first-order valence-electron chi connectivity index (χ1n) is 10.4. The summed E-state index contributed by atoms with van der Waals surface area (Å²) >= 11 is 0. The van der Waals surface area contributed by atoms with Crippen LogP contribution in [0.5, 0.6) is 0 Å². The minimum absolute atomic E-state index is 0.0985. The first-order chi connectivity index (χ1) is 14.5. The quantitative estimate of drug-likeness (QED) is 0.480. The van der Waals surface area contributed by atoms with Crippen molar-refractivity contribution in [2.24, 2.45) is 5.92 Å². The van der Waals surface area contributed by atoms with Gasteiger partial charge >= 0.3 is 0 Å². The largest absolute Gasteiger partial charge is 0.396 e. The van der Waals surface area contributed by atoms with Crippen LogP contribution in [0.3, 0.4) is 0 Å². The molecule has 0 saturated carbocycles. The van der Waals surface area contributed by atoms with Gasteiger partial charge in [0.15, 0.2) is 0 Å². The molecule has 9 nitrogen and oxygen atoms in total. The molecule has 1 aromatic rings. The zero-order chi connectivity index (χ0) is 21.3. The maximum absolute atomic E-state index is 12.9. The van der Waals surface area contributed by atoms with Crippen molar-refractivity contribution in [3.05, 3.63) is 34.9 Å². The standard InChI is InChI=1S/C21H26N4O5/c26-11-13-5-7-22-8-6-16(13)23-10-12-1-2-14-15(9-12)21(30)25(20(14)29)17-3-4-18(27)24-19(17)28/h1-2,9,13,16-17,22-23,26H,3-8,10-11H2,(H,24,27,28). The second-order valence-corrected chi connectivity index (χ2v) is 8.08. The predicted molar refractivity (Wildman–Crippen MR) is 106 cm³/mol. The molecule has 160 valence electrons. The Labute approximate surface area is 174 Å². The fourth-order valence-electron chi connectivity index (χ4n) is 4.47. The highest BCUT2D eigenvalue weighted by molar-refractivity contribution is 6.23. The summed E-state index contributed by atoms with van der Waals surface area (Å²) in [5, 5.41) is 18.7. The smallest absolute Gasteiger partial charge is 0.262 e. The van der Waals surface area contributed by atoms with Crippen LogP contribution in [0.1, 0.15) is 52.0 Å². The Kier molecular flexibility index (Phi) is 5.94. The van der Waals surface area contributed by atoms with Gasteiger partial charge in [0.05, 0.1) is 11.1 Å². The van der Waals surface area contributed by atoms with Crippen LogP contribution in [-0.4, -0.2) is 65.4 Å². The van der Waals surface area contributed by atoms with Crippen LogP contribution in [0, 0.1) is 5.92 Å². The third-order valence-corrected chi connectivity index (χ3v) is 6.20. The number of aliphatic hydroxyl groups is 1. The number of rotatable bonds is 5. The van der Waals surface area contributed by atoms with E-state index in [1.807, 2.05) is 0 Å². The first kappa shape index (κ1) is 20.6. The zero-order valence-electron chi connectivity index (χ0n) is 16.6. The zero-order valence-corrected chi connectivity index (χ0v) is 16.6. The second kappa shape index (κ2) is 8.63. The van der Waals surface area contributed by atoms with Crippen molar-refractivity contribution in [3.63, 3.8) is 0 Å². The fourth-order valence-corrected chi connectivity index (χ4v) is 4.47. The molecule has 0 spiro atoms. The normalized spacial score (nSPS) is 27.1. The molecule has 0 radical (unpaired) electrons. The lowest BCUT2D eigenvalue weighted by Crippen LogP contribution is -2.54. The molecule has 4 rings (SSSR count). The van der Waals surface area contributed by atoms with Gasteiger partial charge in [0, 0.05) is 25.6 Å². The number of nitrogens with one attached hydrogen (secondary N) is 3. The van der Waals surface area contributed by atoms with Crippen molar-refractivity contribution >= 4 is 23.6 Å². The molecule has 3 unspecified atom stereocenters. The highest BCUT2D eigenvalue weighted by Crippen LogP contribution is 2.28. The predicted octanol–water partition coefficient (Wildman–Crippen LogP) is -0.462. The Morgan fingerprint density at radius 2 is 1.80 bits per heavy atom. The number of imide groups is 2.